The van der Waals surface area contributed by atoms with Gasteiger partial charge < -0.3 is 0 Å². The maximum absolute atomic E-state index is 6.41. The summed E-state index contributed by atoms with van der Waals surface area (Å²) in [6, 6.07) is 31.8. The summed E-state index contributed by atoms with van der Waals surface area (Å²) in [5, 5.41) is 3.73. The van der Waals surface area contributed by atoms with E-state index in [1.165, 1.54) is 15.9 Å². The molecule has 3 aromatic rings. The van der Waals surface area contributed by atoms with Gasteiger partial charge in [0.15, 0.2) is 0 Å². The first kappa shape index (κ1) is 17.9. The van der Waals surface area contributed by atoms with Gasteiger partial charge in [-0.15, -0.1) is 17.0 Å². The second-order valence-corrected chi connectivity index (χ2v) is 10.5. The van der Waals surface area contributed by atoms with Crippen LogP contribution >= 0.6 is 23.8 Å². The quantitative estimate of drug-likeness (QED) is 0.605. The molecule has 0 saturated heterocycles. The summed E-state index contributed by atoms with van der Waals surface area (Å²) in [5.41, 5.74) is 0. The van der Waals surface area contributed by atoms with Crippen molar-refractivity contribution in [3.63, 3.8) is 0 Å². The standard InChI is InChI=1S/C20H21OP.BrH/c1-21-22(2,18-12-6-3-7-13-18,19-14-8-4-9-15-19)20-16-10-5-11-17-20;/h3-17H,1-2H3;1H. The average Bonchev–Trinajstić information content (AvgIpc) is 2.63. The summed E-state index contributed by atoms with van der Waals surface area (Å²) in [6.45, 7) is -0.617. The minimum absolute atomic E-state index is 0. The molecule has 23 heavy (non-hydrogen) atoms. The van der Waals surface area contributed by atoms with Crippen LogP contribution in [0.5, 0.6) is 0 Å². The fourth-order valence-electron chi connectivity index (χ4n) is 3.12. The van der Waals surface area contributed by atoms with E-state index < -0.39 is 6.83 Å². The fraction of sp³-hybridized carbons (Fsp3) is 0.100. The predicted octanol–water partition coefficient (Wildman–Crippen LogP) is 4.29. The van der Waals surface area contributed by atoms with Crippen LogP contribution in [0.4, 0.5) is 0 Å². The Hall–Kier alpha value is -1.47. The van der Waals surface area contributed by atoms with Gasteiger partial charge in [0.2, 0.25) is 0 Å². The first-order valence-corrected chi connectivity index (χ1v) is 10.0. The molecule has 0 aliphatic heterocycles. The molecule has 0 amide bonds. The van der Waals surface area contributed by atoms with Crippen LogP contribution in [-0.2, 0) is 4.52 Å². The van der Waals surface area contributed by atoms with Gasteiger partial charge in [0.25, 0.3) is 0 Å². The number of hydrogen-bond donors (Lipinski definition) is 0. The SMILES string of the molecule is Br.COP(C)(c1ccccc1)(c1ccccc1)c1ccccc1. The molecule has 0 atom stereocenters. The van der Waals surface area contributed by atoms with Crippen molar-refractivity contribution in [3.05, 3.63) is 91.0 Å². The van der Waals surface area contributed by atoms with Crippen molar-refractivity contribution in [2.24, 2.45) is 0 Å². The molecule has 0 aliphatic rings. The van der Waals surface area contributed by atoms with E-state index in [4.69, 9.17) is 4.52 Å². The van der Waals surface area contributed by atoms with Crippen LogP contribution in [0, 0.1) is 0 Å². The summed E-state index contributed by atoms with van der Waals surface area (Å²) in [5.74, 6) is 0. The molecule has 0 aromatic heterocycles. The van der Waals surface area contributed by atoms with Gasteiger partial charge in [-0.25, -0.2) is 0 Å². The molecule has 0 bridgehead atoms. The van der Waals surface area contributed by atoms with E-state index in [1.54, 1.807) is 0 Å². The minimum atomic E-state index is -2.90. The molecule has 0 unspecified atom stereocenters. The van der Waals surface area contributed by atoms with Crippen LogP contribution < -0.4 is 15.9 Å². The van der Waals surface area contributed by atoms with E-state index in [2.05, 4.69) is 97.7 Å². The molecule has 3 rings (SSSR count). The van der Waals surface area contributed by atoms with E-state index in [-0.39, 0.29) is 17.0 Å². The van der Waals surface area contributed by atoms with Gasteiger partial charge >= 0.3 is 132 Å². The van der Waals surface area contributed by atoms with Gasteiger partial charge in [-0.2, -0.15) is 0 Å². The van der Waals surface area contributed by atoms with Crippen molar-refractivity contribution in [1.82, 2.24) is 0 Å². The Morgan fingerprint density at radius 2 is 0.826 bits per heavy atom. The summed E-state index contributed by atoms with van der Waals surface area (Å²) < 4.78 is 6.41. The average molecular weight is 389 g/mol. The van der Waals surface area contributed by atoms with Gasteiger partial charge in [0, 0.05) is 0 Å². The molecule has 0 spiro atoms. The Morgan fingerprint density at radius 3 is 1.04 bits per heavy atom. The van der Waals surface area contributed by atoms with Gasteiger partial charge in [-0.1, -0.05) is 0 Å². The van der Waals surface area contributed by atoms with Crippen LogP contribution in [0.2, 0.25) is 0 Å². The van der Waals surface area contributed by atoms with Crippen molar-refractivity contribution >= 4 is 39.7 Å². The van der Waals surface area contributed by atoms with Gasteiger partial charge in [-0.3, -0.25) is 0 Å². The summed E-state index contributed by atoms with van der Waals surface area (Å²) in [4.78, 5) is 0. The number of halogens is 1. The Kier molecular flexibility index (Phi) is 5.41. The molecule has 3 heteroatoms. The summed E-state index contributed by atoms with van der Waals surface area (Å²) in [7, 11) is 1.84. The molecule has 0 radical (unpaired) electrons. The maximum atomic E-state index is 6.41. The van der Waals surface area contributed by atoms with E-state index in [1.807, 2.05) is 7.11 Å². The third-order valence-corrected chi connectivity index (χ3v) is 10.1. The zero-order valence-corrected chi connectivity index (χ0v) is 16.0. The monoisotopic (exact) mass is 388 g/mol. The molecule has 0 N–H and O–H groups in total. The third-order valence-electron chi connectivity index (χ3n) is 4.59. The van der Waals surface area contributed by atoms with E-state index in [0.29, 0.717) is 0 Å². The van der Waals surface area contributed by atoms with Crippen LogP contribution in [0.15, 0.2) is 91.0 Å². The van der Waals surface area contributed by atoms with Crippen molar-refractivity contribution in [3.8, 4) is 0 Å². The van der Waals surface area contributed by atoms with Crippen LogP contribution in [0.25, 0.3) is 0 Å². The first-order valence-electron chi connectivity index (χ1n) is 7.44. The Labute approximate surface area is 149 Å². The first-order chi connectivity index (χ1) is 10.7. The topological polar surface area (TPSA) is 9.23 Å². The summed E-state index contributed by atoms with van der Waals surface area (Å²) in [6.07, 6.45) is 0. The van der Waals surface area contributed by atoms with Gasteiger partial charge in [-0.05, 0) is 0 Å². The van der Waals surface area contributed by atoms with Crippen molar-refractivity contribution in [1.29, 1.82) is 0 Å². The molecule has 3 aromatic carbocycles. The van der Waals surface area contributed by atoms with E-state index in [9.17, 15) is 0 Å². The molecule has 0 saturated carbocycles. The van der Waals surface area contributed by atoms with Gasteiger partial charge in [0.1, 0.15) is 0 Å². The molecule has 0 fully saturated rings. The Balaban J connectivity index is 0.00000192. The number of benzene rings is 3. The Morgan fingerprint density at radius 1 is 0.565 bits per heavy atom. The molecular weight excluding hydrogens is 367 g/mol. The number of rotatable bonds is 4. The van der Waals surface area contributed by atoms with Crippen LogP contribution in [0.1, 0.15) is 0 Å². The summed E-state index contributed by atoms with van der Waals surface area (Å²) >= 11 is 0. The molecule has 120 valence electrons. The van der Waals surface area contributed by atoms with Crippen LogP contribution in [-0.4, -0.2) is 13.8 Å². The van der Waals surface area contributed by atoms with Crippen molar-refractivity contribution in [2.45, 2.75) is 0 Å². The third kappa shape index (κ3) is 2.76. The molecule has 0 aliphatic carbocycles. The zero-order chi connectivity index (χ0) is 15.5. The van der Waals surface area contributed by atoms with Crippen molar-refractivity contribution < 1.29 is 4.52 Å². The van der Waals surface area contributed by atoms with Crippen LogP contribution in [0.3, 0.4) is 0 Å². The predicted molar refractivity (Wildman–Crippen MR) is 108 cm³/mol. The molecular formula is C20H22BrOP. The second-order valence-electron chi connectivity index (χ2n) is 5.65. The van der Waals surface area contributed by atoms with Gasteiger partial charge in [0.05, 0.1) is 0 Å². The normalized spacial score (nSPS) is 12.7. The molecule has 1 nitrogen and oxygen atoms in total. The zero-order valence-electron chi connectivity index (χ0n) is 13.4. The second kappa shape index (κ2) is 6.97. The fourth-order valence-corrected chi connectivity index (χ4v) is 7.32. The van der Waals surface area contributed by atoms with E-state index in [0.717, 1.165) is 0 Å². The molecule has 0 heterocycles. The van der Waals surface area contributed by atoms with Crippen molar-refractivity contribution in [2.75, 3.05) is 13.8 Å². The van der Waals surface area contributed by atoms with E-state index >= 15 is 0 Å². The number of hydrogen-bond acceptors (Lipinski definition) is 1. The Bertz CT molecular complexity index is 645.